The lowest BCUT2D eigenvalue weighted by Crippen LogP contribution is -2.25. The Bertz CT molecular complexity index is 558. The van der Waals surface area contributed by atoms with E-state index in [9.17, 15) is 9.18 Å². The normalized spacial score (nSPS) is 18.7. The van der Waals surface area contributed by atoms with Crippen LogP contribution in [0.1, 0.15) is 25.3 Å². The van der Waals surface area contributed by atoms with Gasteiger partial charge in [0.05, 0.1) is 12.7 Å². The second kappa shape index (κ2) is 5.26. The molecular weight excluding hydrogens is 245 g/mol. The van der Waals surface area contributed by atoms with Crippen LogP contribution in [-0.2, 0) is 9.53 Å². The first-order chi connectivity index (χ1) is 9.02. The zero-order valence-electron chi connectivity index (χ0n) is 11.2. The Labute approximate surface area is 111 Å². The molecule has 3 nitrogen and oxygen atoms in total. The average molecular weight is 261 g/mol. The average Bonchev–Trinajstić information content (AvgIpc) is 2.38. The molecule has 100 valence electrons. The zero-order valence-corrected chi connectivity index (χ0v) is 11.2. The highest BCUT2D eigenvalue weighted by Gasteiger charge is 2.27. The molecule has 1 heterocycles. The highest BCUT2D eigenvalue weighted by atomic mass is 19.1. The van der Waals surface area contributed by atoms with E-state index in [1.54, 1.807) is 12.1 Å². The lowest BCUT2D eigenvalue weighted by Gasteiger charge is -2.25. The number of rotatable bonds is 2. The molecule has 1 N–H and O–H groups in total. The Morgan fingerprint density at radius 3 is 2.47 bits per heavy atom. The summed E-state index contributed by atoms with van der Waals surface area (Å²) in [5.74, 6) is -0.879. The van der Waals surface area contributed by atoms with Crippen LogP contribution in [-0.4, -0.2) is 13.1 Å². The van der Waals surface area contributed by atoms with Crippen molar-refractivity contribution in [2.75, 3.05) is 7.11 Å². The van der Waals surface area contributed by atoms with Crippen LogP contribution in [0.15, 0.2) is 47.3 Å². The predicted octanol–water partition coefficient (Wildman–Crippen LogP) is 2.86. The third kappa shape index (κ3) is 2.67. The van der Waals surface area contributed by atoms with Gasteiger partial charge in [-0.25, -0.2) is 9.18 Å². The first-order valence-electron chi connectivity index (χ1n) is 6.03. The number of hydrogen-bond acceptors (Lipinski definition) is 3. The molecule has 0 saturated carbocycles. The van der Waals surface area contributed by atoms with E-state index in [1.807, 2.05) is 19.9 Å². The summed E-state index contributed by atoms with van der Waals surface area (Å²) in [6, 6.07) is 6.16. The molecule has 0 fully saturated rings. The number of allylic oxidation sites excluding steroid dienone is 3. The maximum absolute atomic E-state index is 13.0. The number of esters is 1. The molecule has 0 bridgehead atoms. The van der Waals surface area contributed by atoms with Gasteiger partial charge in [0.25, 0.3) is 0 Å². The topological polar surface area (TPSA) is 38.3 Å². The van der Waals surface area contributed by atoms with Gasteiger partial charge in [0.1, 0.15) is 5.82 Å². The van der Waals surface area contributed by atoms with E-state index in [1.165, 1.54) is 19.2 Å². The summed E-state index contributed by atoms with van der Waals surface area (Å²) < 4.78 is 17.8. The SMILES string of the molecule is COC(=O)C1=C(C)NC(C)=CC1c1ccc(F)cc1. The number of ether oxygens (including phenoxy) is 1. The van der Waals surface area contributed by atoms with Gasteiger partial charge in [0.2, 0.25) is 0 Å². The van der Waals surface area contributed by atoms with E-state index in [0.29, 0.717) is 5.57 Å². The van der Waals surface area contributed by atoms with Crippen LogP contribution in [0.3, 0.4) is 0 Å². The maximum atomic E-state index is 13.0. The van der Waals surface area contributed by atoms with Gasteiger partial charge in [-0.2, -0.15) is 0 Å². The number of nitrogens with one attached hydrogen (secondary N) is 1. The number of carbonyl (C=O) groups is 1. The van der Waals surface area contributed by atoms with Gasteiger partial charge >= 0.3 is 5.97 Å². The quantitative estimate of drug-likeness (QED) is 0.832. The van der Waals surface area contributed by atoms with Gasteiger partial charge in [-0.05, 0) is 31.5 Å². The van der Waals surface area contributed by atoms with E-state index >= 15 is 0 Å². The Balaban J connectivity index is 2.47. The summed E-state index contributed by atoms with van der Waals surface area (Å²) in [7, 11) is 1.36. The van der Waals surface area contributed by atoms with Gasteiger partial charge in [-0.3, -0.25) is 0 Å². The molecule has 1 aliphatic heterocycles. The van der Waals surface area contributed by atoms with Crippen LogP contribution in [0.2, 0.25) is 0 Å². The second-order valence-electron chi connectivity index (χ2n) is 4.53. The molecule has 0 aromatic heterocycles. The molecule has 1 unspecified atom stereocenters. The number of dihydropyridines is 1. The fraction of sp³-hybridized carbons (Fsp3) is 0.267. The molecule has 19 heavy (non-hydrogen) atoms. The lowest BCUT2D eigenvalue weighted by atomic mass is 9.87. The third-order valence-corrected chi connectivity index (χ3v) is 3.15. The lowest BCUT2D eigenvalue weighted by molar-refractivity contribution is -0.136. The highest BCUT2D eigenvalue weighted by molar-refractivity contribution is 5.92. The van der Waals surface area contributed by atoms with Crippen LogP contribution in [0, 0.1) is 5.82 Å². The summed E-state index contributed by atoms with van der Waals surface area (Å²) in [5.41, 5.74) is 3.14. The monoisotopic (exact) mass is 261 g/mol. The fourth-order valence-electron chi connectivity index (χ4n) is 2.29. The summed E-state index contributed by atoms with van der Waals surface area (Å²) in [5, 5.41) is 3.12. The van der Waals surface area contributed by atoms with Crippen molar-refractivity contribution in [3.05, 3.63) is 58.7 Å². The van der Waals surface area contributed by atoms with E-state index in [4.69, 9.17) is 4.74 Å². The van der Waals surface area contributed by atoms with Crippen molar-refractivity contribution in [1.29, 1.82) is 0 Å². The summed E-state index contributed by atoms with van der Waals surface area (Å²) in [6.07, 6.45) is 1.94. The molecule has 1 aromatic rings. The number of benzene rings is 1. The molecule has 0 amide bonds. The first kappa shape index (κ1) is 13.3. The first-order valence-corrected chi connectivity index (χ1v) is 6.03. The van der Waals surface area contributed by atoms with Gasteiger partial charge in [0.15, 0.2) is 0 Å². The Morgan fingerprint density at radius 1 is 1.26 bits per heavy atom. The van der Waals surface area contributed by atoms with Crippen LogP contribution in [0.4, 0.5) is 4.39 Å². The molecule has 0 aliphatic carbocycles. The summed E-state index contributed by atoms with van der Waals surface area (Å²) in [6.45, 7) is 3.76. The van der Waals surface area contributed by atoms with Gasteiger partial charge in [0, 0.05) is 17.3 Å². The van der Waals surface area contributed by atoms with Crippen molar-refractivity contribution < 1.29 is 13.9 Å². The zero-order chi connectivity index (χ0) is 14.0. The standard InChI is InChI=1S/C15H16FNO2/c1-9-8-13(11-4-6-12(16)7-5-11)14(10(2)17-9)15(18)19-3/h4-8,13,17H,1-3H3. The molecular formula is C15H16FNO2. The third-order valence-electron chi connectivity index (χ3n) is 3.15. The van der Waals surface area contributed by atoms with Gasteiger partial charge in [-0.1, -0.05) is 18.2 Å². The largest absolute Gasteiger partial charge is 0.466 e. The second-order valence-corrected chi connectivity index (χ2v) is 4.53. The Hall–Kier alpha value is -2.10. The van der Waals surface area contributed by atoms with Crippen LogP contribution in [0.25, 0.3) is 0 Å². The molecule has 1 aliphatic rings. The van der Waals surface area contributed by atoms with Crippen molar-refractivity contribution >= 4 is 5.97 Å². The molecule has 2 rings (SSSR count). The van der Waals surface area contributed by atoms with Crippen molar-refractivity contribution in [3.63, 3.8) is 0 Å². The molecule has 0 radical (unpaired) electrons. The van der Waals surface area contributed by atoms with Gasteiger partial charge in [-0.15, -0.1) is 0 Å². The van der Waals surface area contributed by atoms with E-state index in [0.717, 1.165) is 17.0 Å². The van der Waals surface area contributed by atoms with E-state index < -0.39 is 0 Å². The Kier molecular flexibility index (Phi) is 3.69. The molecule has 0 saturated heterocycles. The van der Waals surface area contributed by atoms with Gasteiger partial charge < -0.3 is 10.1 Å². The smallest absolute Gasteiger partial charge is 0.336 e. The van der Waals surface area contributed by atoms with E-state index in [-0.39, 0.29) is 17.7 Å². The minimum absolute atomic E-state index is 0.214. The summed E-state index contributed by atoms with van der Waals surface area (Å²) in [4.78, 5) is 11.9. The minimum atomic E-state index is -0.372. The highest BCUT2D eigenvalue weighted by Crippen LogP contribution is 2.32. The summed E-state index contributed by atoms with van der Waals surface area (Å²) >= 11 is 0. The van der Waals surface area contributed by atoms with Crippen LogP contribution < -0.4 is 5.32 Å². The van der Waals surface area contributed by atoms with Crippen molar-refractivity contribution in [2.24, 2.45) is 0 Å². The number of hydrogen-bond donors (Lipinski definition) is 1. The van der Waals surface area contributed by atoms with Crippen molar-refractivity contribution in [1.82, 2.24) is 5.32 Å². The number of methoxy groups -OCH3 is 1. The molecule has 4 heteroatoms. The van der Waals surface area contributed by atoms with Crippen LogP contribution >= 0.6 is 0 Å². The van der Waals surface area contributed by atoms with Crippen LogP contribution in [0.5, 0.6) is 0 Å². The fourth-order valence-corrected chi connectivity index (χ4v) is 2.29. The van der Waals surface area contributed by atoms with Crippen molar-refractivity contribution in [3.8, 4) is 0 Å². The number of halogens is 1. The molecule has 1 aromatic carbocycles. The molecule has 0 spiro atoms. The van der Waals surface area contributed by atoms with E-state index in [2.05, 4.69) is 5.32 Å². The predicted molar refractivity (Wildman–Crippen MR) is 70.7 cm³/mol. The maximum Gasteiger partial charge on any atom is 0.336 e. The molecule has 1 atom stereocenters. The minimum Gasteiger partial charge on any atom is -0.466 e. The van der Waals surface area contributed by atoms with Crippen molar-refractivity contribution in [2.45, 2.75) is 19.8 Å². The number of carbonyl (C=O) groups excluding carboxylic acids is 1. The Morgan fingerprint density at radius 2 is 1.89 bits per heavy atom.